The second-order valence-electron chi connectivity index (χ2n) is 8.61. The van der Waals surface area contributed by atoms with E-state index in [0.29, 0.717) is 28.5 Å². The maximum atomic E-state index is 12.5. The Bertz CT molecular complexity index is 1210. The van der Waals surface area contributed by atoms with Gasteiger partial charge >= 0.3 is 6.09 Å². The molecule has 3 saturated carbocycles. The molecule has 2 bridgehead atoms. The fourth-order valence-corrected chi connectivity index (χ4v) is 4.62. The van der Waals surface area contributed by atoms with Crippen molar-refractivity contribution in [2.24, 2.45) is 18.4 Å². The Hall–Kier alpha value is -3.53. The molecule has 3 fully saturated rings. The van der Waals surface area contributed by atoms with E-state index in [1.165, 1.54) is 4.68 Å². The van der Waals surface area contributed by atoms with Crippen molar-refractivity contribution in [1.82, 2.24) is 25.0 Å². The van der Waals surface area contributed by atoms with Crippen LogP contribution in [0.25, 0.3) is 11.4 Å². The highest BCUT2D eigenvalue weighted by atomic mass is 35.5. The molecule has 0 unspecified atom stereocenters. The number of carbonyl (C=O) groups excluding carboxylic acids is 2. The Morgan fingerprint density at radius 3 is 2.64 bits per heavy atom. The predicted molar refractivity (Wildman–Crippen MR) is 120 cm³/mol. The number of rotatable bonds is 6. The van der Waals surface area contributed by atoms with Crippen molar-refractivity contribution in [2.45, 2.75) is 32.3 Å². The topological polar surface area (TPSA) is 124 Å². The molecule has 2 amide bonds. The summed E-state index contributed by atoms with van der Waals surface area (Å²) in [6, 6.07) is 6.93. The fourth-order valence-electron chi connectivity index (χ4n) is 4.35. The molecule has 2 N–H and O–H groups in total. The van der Waals surface area contributed by atoms with Gasteiger partial charge in [-0.2, -0.15) is 0 Å². The Morgan fingerprint density at radius 1 is 1.21 bits per heavy atom. The Labute approximate surface area is 194 Å². The van der Waals surface area contributed by atoms with E-state index in [1.807, 2.05) is 0 Å². The maximum absolute atomic E-state index is 12.5. The summed E-state index contributed by atoms with van der Waals surface area (Å²) < 4.78 is 6.85. The van der Waals surface area contributed by atoms with Gasteiger partial charge in [-0.1, -0.05) is 22.9 Å². The molecule has 11 heteroatoms. The van der Waals surface area contributed by atoms with Crippen LogP contribution in [0.1, 0.15) is 37.9 Å². The van der Waals surface area contributed by atoms with E-state index in [4.69, 9.17) is 16.3 Å². The van der Waals surface area contributed by atoms with Crippen LogP contribution in [0.3, 0.4) is 0 Å². The van der Waals surface area contributed by atoms with Crippen LogP contribution in [0.15, 0.2) is 36.7 Å². The predicted octanol–water partition coefficient (Wildman–Crippen LogP) is 3.97. The van der Waals surface area contributed by atoms with E-state index in [-0.39, 0.29) is 16.5 Å². The van der Waals surface area contributed by atoms with Gasteiger partial charge < -0.3 is 10.1 Å². The number of aryl methyl sites for hydroxylation is 1. The number of nitrogens with zero attached hydrogens (tertiary/aromatic N) is 5. The summed E-state index contributed by atoms with van der Waals surface area (Å²) in [5.74, 6) is 1.12. The molecule has 0 spiro atoms. The third-order valence-electron chi connectivity index (χ3n) is 6.34. The van der Waals surface area contributed by atoms with Gasteiger partial charge in [0.05, 0.1) is 23.0 Å². The highest BCUT2D eigenvalue weighted by molar-refractivity contribution is 6.30. The second-order valence-corrected chi connectivity index (χ2v) is 8.97. The Morgan fingerprint density at radius 2 is 2.00 bits per heavy atom. The van der Waals surface area contributed by atoms with Crippen LogP contribution >= 0.6 is 11.6 Å². The first-order chi connectivity index (χ1) is 15.8. The van der Waals surface area contributed by atoms with Gasteiger partial charge in [0.15, 0.2) is 11.5 Å². The van der Waals surface area contributed by atoms with Gasteiger partial charge in [-0.25, -0.2) is 14.5 Å². The average molecular weight is 468 g/mol. The Kier molecular flexibility index (Phi) is 5.24. The monoisotopic (exact) mass is 467 g/mol. The molecule has 0 aliphatic heterocycles. The zero-order chi connectivity index (χ0) is 23.2. The van der Waals surface area contributed by atoms with Gasteiger partial charge in [-0.3, -0.25) is 15.1 Å². The lowest BCUT2D eigenvalue weighted by molar-refractivity contribution is -0.158. The molecule has 170 valence electrons. The van der Waals surface area contributed by atoms with Gasteiger partial charge in [0, 0.05) is 18.8 Å². The highest BCUT2D eigenvalue weighted by Crippen LogP contribution is 2.64. The lowest BCUT2D eigenvalue weighted by atomic mass is 9.44. The van der Waals surface area contributed by atoms with Crippen LogP contribution in [0.5, 0.6) is 0 Å². The number of carbonyl (C=O) groups is 2. The minimum atomic E-state index is -0.698. The van der Waals surface area contributed by atoms with Gasteiger partial charge in [0.2, 0.25) is 5.91 Å². The number of anilines is 2. The van der Waals surface area contributed by atoms with Crippen LogP contribution in [0.4, 0.5) is 16.3 Å². The molecule has 3 aromatic rings. The van der Waals surface area contributed by atoms with Gasteiger partial charge in [-0.15, -0.1) is 5.10 Å². The third-order valence-corrected chi connectivity index (χ3v) is 6.66. The average Bonchev–Trinajstić information content (AvgIpc) is 3.06. The van der Waals surface area contributed by atoms with E-state index in [2.05, 4.69) is 30.9 Å². The molecule has 6 rings (SSSR count). The number of amides is 2. The van der Waals surface area contributed by atoms with Crippen molar-refractivity contribution < 1.29 is 14.3 Å². The minimum Gasteiger partial charge on any atom is -0.441 e. The van der Waals surface area contributed by atoms with Crippen LogP contribution in [-0.2, 0) is 16.6 Å². The first kappa shape index (κ1) is 21.3. The van der Waals surface area contributed by atoms with Gasteiger partial charge in [0.1, 0.15) is 11.3 Å². The number of nitrogens with one attached hydrogen (secondary N) is 2. The van der Waals surface area contributed by atoms with E-state index < -0.39 is 12.2 Å². The number of pyridine rings is 2. The summed E-state index contributed by atoms with van der Waals surface area (Å²) >= 11 is 6.08. The molecule has 3 aliphatic carbocycles. The fraction of sp³-hybridized carbons (Fsp3) is 0.364. The van der Waals surface area contributed by atoms with E-state index in [0.717, 1.165) is 25.2 Å². The van der Waals surface area contributed by atoms with Crippen molar-refractivity contribution in [1.29, 1.82) is 0 Å². The number of hydrogen-bond acceptors (Lipinski definition) is 7. The highest BCUT2D eigenvalue weighted by Gasteiger charge is 2.61. The molecule has 0 saturated heterocycles. The van der Waals surface area contributed by atoms with Crippen molar-refractivity contribution in [3.8, 4) is 11.4 Å². The summed E-state index contributed by atoms with van der Waals surface area (Å²) in [6.45, 7) is 1.70. The quantitative estimate of drug-likeness (QED) is 0.525. The number of aromatic nitrogens is 5. The van der Waals surface area contributed by atoms with Crippen molar-refractivity contribution in [3.63, 3.8) is 0 Å². The Balaban J connectivity index is 1.26. The first-order valence-electron chi connectivity index (χ1n) is 10.6. The number of ether oxygens (including phenoxy) is 1. The number of halogens is 1. The summed E-state index contributed by atoms with van der Waals surface area (Å²) in [5, 5.41) is 14.0. The van der Waals surface area contributed by atoms with Gasteiger partial charge in [-0.05, 0) is 50.3 Å². The summed E-state index contributed by atoms with van der Waals surface area (Å²) in [4.78, 5) is 33.4. The van der Waals surface area contributed by atoms with Crippen LogP contribution < -0.4 is 10.6 Å². The third kappa shape index (κ3) is 3.91. The SMILES string of the molecule is C[C@@H](OC(=O)Nc1c(-c2ccc(NC(=O)C34CC(C3)C4)cn2)nnn1C)c1cccnc1Cl. The maximum Gasteiger partial charge on any atom is 0.413 e. The van der Waals surface area contributed by atoms with Crippen LogP contribution in [-0.4, -0.2) is 37.0 Å². The van der Waals surface area contributed by atoms with Crippen LogP contribution in [0.2, 0.25) is 5.15 Å². The molecule has 0 aromatic carbocycles. The molecule has 1 atom stereocenters. The molecule has 3 heterocycles. The summed E-state index contributed by atoms with van der Waals surface area (Å²) in [6.07, 6.45) is 4.78. The van der Waals surface area contributed by atoms with E-state index >= 15 is 0 Å². The van der Waals surface area contributed by atoms with E-state index in [1.54, 1.807) is 50.6 Å². The van der Waals surface area contributed by atoms with Crippen molar-refractivity contribution in [3.05, 3.63) is 47.4 Å². The molecular formula is C22H22ClN7O3. The molecular weight excluding hydrogens is 446 g/mol. The standard InChI is InChI=1S/C22H22ClN7O3/c1-12(15-4-3-7-24-18(15)23)33-21(32)27-19-17(28-29-30(19)2)16-6-5-14(11-25-16)26-20(31)22-8-13(9-22)10-22/h3-7,11-13H,8-10H2,1-2H3,(H,26,31)(H,27,32)/t12-,13?,22?/m1/s1. The van der Waals surface area contributed by atoms with E-state index in [9.17, 15) is 9.59 Å². The zero-order valence-corrected chi connectivity index (χ0v) is 18.8. The molecule has 0 radical (unpaired) electrons. The lowest BCUT2D eigenvalue weighted by Crippen LogP contribution is -2.58. The van der Waals surface area contributed by atoms with Crippen LogP contribution in [0, 0.1) is 11.3 Å². The normalized spacial score (nSPS) is 21.4. The molecule has 33 heavy (non-hydrogen) atoms. The summed E-state index contributed by atoms with van der Waals surface area (Å²) in [5.41, 5.74) is 1.91. The van der Waals surface area contributed by atoms with Crippen molar-refractivity contribution >= 4 is 35.1 Å². The smallest absolute Gasteiger partial charge is 0.413 e. The largest absolute Gasteiger partial charge is 0.441 e. The lowest BCUT2D eigenvalue weighted by Gasteiger charge is -2.60. The first-order valence-corrected chi connectivity index (χ1v) is 11.0. The second kappa shape index (κ2) is 8.11. The molecule has 10 nitrogen and oxygen atoms in total. The van der Waals surface area contributed by atoms with Gasteiger partial charge in [0.25, 0.3) is 0 Å². The van der Waals surface area contributed by atoms with Crippen molar-refractivity contribution in [2.75, 3.05) is 10.6 Å². The molecule has 3 aromatic heterocycles. The zero-order valence-electron chi connectivity index (χ0n) is 18.1. The number of hydrogen-bond donors (Lipinski definition) is 2. The molecule has 3 aliphatic rings. The minimum absolute atomic E-state index is 0.0620. The summed E-state index contributed by atoms with van der Waals surface area (Å²) in [7, 11) is 1.64.